The van der Waals surface area contributed by atoms with E-state index in [4.69, 9.17) is 20.9 Å². The summed E-state index contributed by atoms with van der Waals surface area (Å²) in [6.07, 6.45) is 0.240. The summed E-state index contributed by atoms with van der Waals surface area (Å²) in [5, 5.41) is 4.76. The summed E-state index contributed by atoms with van der Waals surface area (Å²) >= 11 is 5.88. The Morgan fingerprint density at radius 2 is 2.05 bits per heavy atom. The van der Waals surface area contributed by atoms with Crippen LogP contribution in [0.3, 0.4) is 0 Å². The van der Waals surface area contributed by atoms with E-state index in [0.29, 0.717) is 29.3 Å². The van der Waals surface area contributed by atoms with Gasteiger partial charge in [-0.05, 0) is 38.1 Å². The van der Waals surface area contributed by atoms with Gasteiger partial charge >= 0.3 is 0 Å². The first-order valence-corrected chi connectivity index (χ1v) is 7.44. The van der Waals surface area contributed by atoms with Crippen LogP contribution < -0.4 is 0 Å². The molecule has 1 aliphatic heterocycles. The quantitative estimate of drug-likeness (QED) is 0.872. The highest BCUT2D eigenvalue weighted by Crippen LogP contribution is 2.21. The monoisotopic (exact) mass is 307 g/mol. The summed E-state index contributed by atoms with van der Waals surface area (Å²) in [7, 11) is 0. The molecule has 2 atom stereocenters. The van der Waals surface area contributed by atoms with Gasteiger partial charge < -0.3 is 9.26 Å². The Kier molecular flexibility index (Phi) is 4.24. The fourth-order valence-corrected chi connectivity index (χ4v) is 2.53. The fourth-order valence-electron chi connectivity index (χ4n) is 2.40. The van der Waals surface area contributed by atoms with Gasteiger partial charge in [0.2, 0.25) is 0 Å². The van der Waals surface area contributed by atoms with Gasteiger partial charge in [0.05, 0.1) is 19.3 Å². The molecule has 21 heavy (non-hydrogen) atoms. The highest BCUT2D eigenvalue weighted by Gasteiger charge is 2.25. The van der Waals surface area contributed by atoms with Crippen molar-refractivity contribution < 1.29 is 9.26 Å². The van der Waals surface area contributed by atoms with E-state index in [-0.39, 0.29) is 6.10 Å². The Balaban J connectivity index is 1.71. The number of rotatable bonds is 3. The molecule has 1 aromatic carbocycles. The van der Waals surface area contributed by atoms with Crippen LogP contribution in [-0.2, 0) is 11.3 Å². The second-order valence-corrected chi connectivity index (χ2v) is 5.88. The molecule has 0 amide bonds. The zero-order chi connectivity index (χ0) is 14.8. The number of morpholine rings is 1. The Morgan fingerprint density at radius 3 is 2.81 bits per heavy atom. The predicted molar refractivity (Wildman–Crippen MR) is 80.0 cm³/mol. The maximum Gasteiger partial charge on any atom is 0.257 e. The van der Waals surface area contributed by atoms with Gasteiger partial charge in [0, 0.05) is 23.2 Å². The fraction of sp³-hybridized carbons (Fsp3) is 0.467. The molecule has 0 bridgehead atoms. The lowest BCUT2D eigenvalue weighted by Crippen LogP contribution is -2.46. The molecule has 6 heteroatoms. The highest BCUT2D eigenvalue weighted by molar-refractivity contribution is 6.30. The van der Waals surface area contributed by atoms with Crippen LogP contribution in [0.1, 0.15) is 19.7 Å². The molecular weight excluding hydrogens is 290 g/mol. The molecule has 0 spiro atoms. The largest absolute Gasteiger partial charge is 0.376 e. The van der Waals surface area contributed by atoms with Crippen molar-refractivity contribution in [3.8, 4) is 11.5 Å². The molecule has 1 saturated heterocycles. The normalized spacial score (nSPS) is 23.4. The van der Waals surface area contributed by atoms with Crippen LogP contribution in [0.5, 0.6) is 0 Å². The molecule has 0 unspecified atom stereocenters. The second kappa shape index (κ2) is 6.13. The van der Waals surface area contributed by atoms with Crippen LogP contribution in [0, 0.1) is 0 Å². The molecule has 1 aromatic heterocycles. The van der Waals surface area contributed by atoms with Gasteiger partial charge in [-0.15, -0.1) is 0 Å². The van der Waals surface area contributed by atoms with E-state index in [0.717, 1.165) is 18.7 Å². The van der Waals surface area contributed by atoms with Crippen molar-refractivity contribution >= 4 is 11.6 Å². The van der Waals surface area contributed by atoms with E-state index < -0.39 is 0 Å². The molecule has 0 aliphatic carbocycles. The molecule has 112 valence electrons. The first kappa shape index (κ1) is 14.5. The standard InChI is InChI=1S/C15H18ClN3O2/c1-10-9-20-11(2)7-19(10)8-14-17-15(21-18-14)12-3-5-13(16)6-4-12/h3-6,10-11H,7-9H2,1-2H3/t10-,11-/m0/s1. The van der Waals surface area contributed by atoms with E-state index in [1.54, 1.807) is 0 Å². The van der Waals surface area contributed by atoms with Crippen molar-refractivity contribution in [2.45, 2.75) is 32.5 Å². The van der Waals surface area contributed by atoms with Gasteiger partial charge in [0.1, 0.15) is 0 Å². The van der Waals surface area contributed by atoms with Gasteiger partial charge in [0.15, 0.2) is 5.82 Å². The van der Waals surface area contributed by atoms with Gasteiger partial charge in [-0.2, -0.15) is 4.98 Å². The van der Waals surface area contributed by atoms with Gasteiger partial charge in [-0.3, -0.25) is 4.90 Å². The number of aromatic nitrogens is 2. The summed E-state index contributed by atoms with van der Waals surface area (Å²) in [6, 6.07) is 7.73. The number of halogens is 1. The molecule has 1 aliphatic rings. The zero-order valence-corrected chi connectivity index (χ0v) is 12.9. The minimum atomic E-state index is 0.240. The summed E-state index contributed by atoms with van der Waals surface area (Å²) in [5.74, 6) is 1.22. The summed E-state index contributed by atoms with van der Waals surface area (Å²) in [4.78, 5) is 6.77. The minimum absolute atomic E-state index is 0.240. The SMILES string of the molecule is C[C@H]1CN(Cc2noc(-c3ccc(Cl)cc3)n2)[C@@H](C)CO1. The average Bonchev–Trinajstić information content (AvgIpc) is 2.92. The lowest BCUT2D eigenvalue weighted by molar-refractivity contribution is -0.0536. The van der Waals surface area contributed by atoms with E-state index in [9.17, 15) is 0 Å². The number of hydrogen-bond donors (Lipinski definition) is 0. The topological polar surface area (TPSA) is 51.4 Å². The zero-order valence-electron chi connectivity index (χ0n) is 12.1. The van der Waals surface area contributed by atoms with Crippen LogP contribution in [0.4, 0.5) is 0 Å². The van der Waals surface area contributed by atoms with Crippen LogP contribution in [0.2, 0.25) is 5.02 Å². The van der Waals surface area contributed by atoms with E-state index in [2.05, 4.69) is 28.9 Å². The Hall–Kier alpha value is -1.43. The predicted octanol–water partition coefficient (Wildman–Crippen LogP) is 3.00. The van der Waals surface area contributed by atoms with Crippen molar-refractivity contribution in [2.24, 2.45) is 0 Å². The third kappa shape index (κ3) is 3.43. The smallest absolute Gasteiger partial charge is 0.257 e. The average molecular weight is 308 g/mol. The van der Waals surface area contributed by atoms with Crippen LogP contribution >= 0.6 is 11.6 Å². The second-order valence-electron chi connectivity index (χ2n) is 5.45. The van der Waals surface area contributed by atoms with E-state index in [1.165, 1.54) is 0 Å². The van der Waals surface area contributed by atoms with Crippen LogP contribution in [-0.4, -0.2) is 40.3 Å². The maximum atomic E-state index is 5.88. The van der Waals surface area contributed by atoms with Gasteiger partial charge in [-0.1, -0.05) is 16.8 Å². The highest BCUT2D eigenvalue weighted by atomic mass is 35.5. The first-order chi connectivity index (χ1) is 10.1. The van der Waals surface area contributed by atoms with E-state index >= 15 is 0 Å². The molecule has 0 radical (unpaired) electrons. The Morgan fingerprint density at radius 1 is 1.29 bits per heavy atom. The molecule has 0 N–H and O–H groups in total. The maximum absolute atomic E-state index is 5.88. The lowest BCUT2D eigenvalue weighted by Gasteiger charge is -2.35. The Bertz CT molecular complexity index is 599. The van der Waals surface area contributed by atoms with Crippen LogP contribution in [0.25, 0.3) is 11.5 Å². The molecule has 1 fully saturated rings. The molecule has 2 aromatic rings. The number of ether oxygens (including phenoxy) is 1. The lowest BCUT2D eigenvalue weighted by atomic mass is 10.2. The molecule has 5 nitrogen and oxygen atoms in total. The van der Waals surface area contributed by atoms with E-state index in [1.807, 2.05) is 24.3 Å². The van der Waals surface area contributed by atoms with Crippen molar-refractivity contribution in [3.63, 3.8) is 0 Å². The third-order valence-electron chi connectivity index (χ3n) is 3.64. The van der Waals surface area contributed by atoms with Crippen molar-refractivity contribution in [1.82, 2.24) is 15.0 Å². The number of nitrogens with zero attached hydrogens (tertiary/aromatic N) is 3. The molecule has 2 heterocycles. The number of benzene rings is 1. The first-order valence-electron chi connectivity index (χ1n) is 7.06. The van der Waals surface area contributed by atoms with Crippen molar-refractivity contribution in [2.75, 3.05) is 13.2 Å². The Labute approximate surface area is 128 Å². The molecule has 0 saturated carbocycles. The molecule has 3 rings (SSSR count). The summed E-state index contributed by atoms with van der Waals surface area (Å²) < 4.78 is 11.0. The van der Waals surface area contributed by atoms with Crippen molar-refractivity contribution in [1.29, 1.82) is 0 Å². The van der Waals surface area contributed by atoms with Gasteiger partial charge in [0.25, 0.3) is 5.89 Å². The summed E-state index contributed by atoms with van der Waals surface area (Å²) in [5.41, 5.74) is 0.876. The minimum Gasteiger partial charge on any atom is -0.376 e. The molecular formula is C15H18ClN3O2. The van der Waals surface area contributed by atoms with Gasteiger partial charge in [-0.25, -0.2) is 0 Å². The summed E-state index contributed by atoms with van der Waals surface area (Å²) in [6.45, 7) is 6.52. The number of hydrogen-bond acceptors (Lipinski definition) is 5. The third-order valence-corrected chi connectivity index (χ3v) is 3.89. The van der Waals surface area contributed by atoms with Crippen molar-refractivity contribution in [3.05, 3.63) is 35.1 Å². The van der Waals surface area contributed by atoms with Crippen LogP contribution in [0.15, 0.2) is 28.8 Å².